The van der Waals surface area contributed by atoms with Gasteiger partial charge in [-0.25, -0.2) is 4.79 Å². The van der Waals surface area contributed by atoms with E-state index in [-0.39, 0.29) is 12.4 Å². The second-order valence-electron chi connectivity index (χ2n) is 5.31. The molecule has 0 radical (unpaired) electrons. The molecular weight excluding hydrogens is 294 g/mol. The molecule has 2 aromatic rings. The van der Waals surface area contributed by atoms with Gasteiger partial charge in [0.1, 0.15) is 12.4 Å². The zero-order valence-corrected chi connectivity index (χ0v) is 13.2. The lowest BCUT2D eigenvalue weighted by atomic mass is 10.2. The Kier molecular flexibility index (Phi) is 6.35. The van der Waals surface area contributed by atoms with Gasteiger partial charge in [-0.15, -0.1) is 0 Å². The van der Waals surface area contributed by atoms with Crippen LogP contribution in [0.2, 0.25) is 0 Å². The largest absolute Gasteiger partial charge is 0.444 e. The molecule has 0 spiro atoms. The number of benzene rings is 1. The highest BCUT2D eigenvalue weighted by molar-refractivity contribution is 5.83. The van der Waals surface area contributed by atoms with Gasteiger partial charge in [0.2, 0.25) is 0 Å². The average molecular weight is 315 g/mol. The molecule has 0 saturated carbocycles. The Labute approximate surface area is 135 Å². The third-order valence-electron chi connectivity index (χ3n) is 3.25. The number of aryl methyl sites for hydroxylation is 1. The van der Waals surface area contributed by atoms with Gasteiger partial charge >= 0.3 is 6.09 Å². The van der Waals surface area contributed by atoms with Crippen LogP contribution in [0.3, 0.4) is 0 Å². The number of nitrogens with one attached hydrogen (secondary N) is 1. The van der Waals surface area contributed by atoms with Crippen molar-refractivity contribution < 1.29 is 14.3 Å². The summed E-state index contributed by atoms with van der Waals surface area (Å²) in [5.74, 6) is 0.656. The van der Waals surface area contributed by atoms with E-state index in [2.05, 4.69) is 10.4 Å². The van der Waals surface area contributed by atoms with Crippen molar-refractivity contribution in [1.29, 1.82) is 0 Å². The van der Waals surface area contributed by atoms with Crippen LogP contribution in [0.25, 0.3) is 0 Å². The van der Waals surface area contributed by atoms with Crippen LogP contribution < -0.4 is 5.32 Å². The Morgan fingerprint density at radius 1 is 1.17 bits per heavy atom. The maximum Gasteiger partial charge on any atom is 0.413 e. The van der Waals surface area contributed by atoms with Gasteiger partial charge in [-0.05, 0) is 25.3 Å². The van der Waals surface area contributed by atoms with E-state index in [1.807, 2.05) is 30.3 Å². The zero-order valence-electron chi connectivity index (χ0n) is 13.2. The number of hydrogen-bond donors (Lipinski definition) is 1. The number of ether oxygens (including phenoxy) is 1. The minimum atomic E-state index is -0.532. The van der Waals surface area contributed by atoms with Crippen LogP contribution in [-0.2, 0) is 22.7 Å². The fourth-order valence-electron chi connectivity index (χ4n) is 2.06. The molecule has 0 saturated heterocycles. The predicted molar refractivity (Wildman–Crippen MR) is 87.0 cm³/mol. The summed E-state index contributed by atoms with van der Waals surface area (Å²) >= 11 is 0. The topological polar surface area (TPSA) is 73.2 Å². The van der Waals surface area contributed by atoms with Gasteiger partial charge in [-0.3, -0.25) is 10.00 Å². The lowest BCUT2D eigenvalue weighted by Crippen LogP contribution is -2.14. The molecule has 0 atom stereocenters. The summed E-state index contributed by atoms with van der Waals surface area (Å²) in [6.07, 6.45) is 3.57. The van der Waals surface area contributed by atoms with Gasteiger partial charge < -0.3 is 9.53 Å². The number of rotatable bonds is 8. The second-order valence-corrected chi connectivity index (χ2v) is 5.31. The summed E-state index contributed by atoms with van der Waals surface area (Å²) in [4.78, 5) is 22.6. The van der Waals surface area contributed by atoms with E-state index in [0.717, 1.165) is 18.4 Å². The van der Waals surface area contributed by atoms with E-state index in [1.165, 1.54) is 0 Å². The SMILES string of the molecule is CC(=O)CCCCn1ccc(NC(=O)OCc2ccccc2)n1. The molecule has 6 nitrogen and oxygen atoms in total. The molecule has 0 aliphatic heterocycles. The number of hydrogen-bond acceptors (Lipinski definition) is 4. The first kappa shape index (κ1) is 16.7. The third kappa shape index (κ3) is 6.34. The van der Waals surface area contributed by atoms with Crippen molar-refractivity contribution in [2.45, 2.75) is 39.3 Å². The van der Waals surface area contributed by atoms with Gasteiger partial charge in [0.05, 0.1) is 0 Å². The highest BCUT2D eigenvalue weighted by Gasteiger charge is 2.06. The molecule has 1 aromatic carbocycles. The molecule has 0 unspecified atom stereocenters. The molecule has 1 N–H and O–H groups in total. The Balaban J connectivity index is 1.71. The number of Topliss-reactive ketones (excluding diaryl/α,β-unsaturated/α-hetero) is 1. The molecule has 122 valence electrons. The van der Waals surface area contributed by atoms with Crippen LogP contribution in [0.1, 0.15) is 31.7 Å². The maximum absolute atomic E-state index is 11.7. The summed E-state index contributed by atoms with van der Waals surface area (Å²) in [6, 6.07) is 11.2. The van der Waals surface area contributed by atoms with Crippen molar-refractivity contribution in [2.24, 2.45) is 0 Å². The molecule has 1 amide bonds. The average Bonchev–Trinajstić information content (AvgIpc) is 2.98. The fraction of sp³-hybridized carbons (Fsp3) is 0.353. The van der Waals surface area contributed by atoms with Gasteiger partial charge in [0.15, 0.2) is 5.82 Å². The van der Waals surface area contributed by atoms with Crippen LogP contribution in [0, 0.1) is 0 Å². The number of nitrogens with zero attached hydrogens (tertiary/aromatic N) is 2. The number of carbonyl (C=O) groups is 2. The highest BCUT2D eigenvalue weighted by atomic mass is 16.5. The van der Waals surface area contributed by atoms with Crippen molar-refractivity contribution >= 4 is 17.7 Å². The Bertz CT molecular complexity index is 638. The van der Waals surface area contributed by atoms with Gasteiger partial charge in [0.25, 0.3) is 0 Å². The number of amides is 1. The summed E-state index contributed by atoms with van der Waals surface area (Å²) in [5.41, 5.74) is 0.929. The molecule has 0 fully saturated rings. The van der Waals surface area contributed by atoms with Gasteiger partial charge in [0, 0.05) is 25.2 Å². The number of ketones is 1. The summed E-state index contributed by atoms with van der Waals surface area (Å²) in [6.45, 7) is 2.53. The Hall–Kier alpha value is -2.63. The minimum Gasteiger partial charge on any atom is -0.444 e. The van der Waals surface area contributed by atoms with E-state index in [9.17, 15) is 9.59 Å². The standard InChI is InChI=1S/C17H21N3O3/c1-14(21)7-5-6-11-20-12-10-16(19-20)18-17(22)23-13-15-8-3-2-4-9-15/h2-4,8-10,12H,5-7,11,13H2,1H3,(H,18,19,22). The molecule has 2 rings (SSSR count). The van der Waals surface area contributed by atoms with E-state index in [0.29, 0.717) is 18.8 Å². The molecule has 1 aromatic heterocycles. The zero-order chi connectivity index (χ0) is 16.5. The monoisotopic (exact) mass is 315 g/mol. The normalized spacial score (nSPS) is 10.3. The highest BCUT2D eigenvalue weighted by Crippen LogP contribution is 2.07. The Morgan fingerprint density at radius 2 is 1.96 bits per heavy atom. The number of unbranched alkanes of at least 4 members (excludes halogenated alkanes) is 1. The Morgan fingerprint density at radius 3 is 2.70 bits per heavy atom. The molecule has 23 heavy (non-hydrogen) atoms. The summed E-state index contributed by atoms with van der Waals surface area (Å²) in [5, 5.41) is 6.84. The minimum absolute atomic E-state index is 0.203. The van der Waals surface area contributed by atoms with Crippen LogP contribution in [0.4, 0.5) is 10.6 Å². The summed E-state index contributed by atoms with van der Waals surface area (Å²) in [7, 11) is 0. The van der Waals surface area contributed by atoms with Crippen LogP contribution in [-0.4, -0.2) is 21.7 Å². The van der Waals surface area contributed by atoms with Crippen LogP contribution in [0.15, 0.2) is 42.6 Å². The van der Waals surface area contributed by atoms with Crippen LogP contribution in [0.5, 0.6) is 0 Å². The molecule has 0 aliphatic carbocycles. The van der Waals surface area contributed by atoms with Crippen LogP contribution >= 0.6 is 0 Å². The first-order chi connectivity index (χ1) is 11.1. The van der Waals surface area contributed by atoms with Crippen molar-refractivity contribution in [2.75, 3.05) is 5.32 Å². The maximum atomic E-state index is 11.7. The van der Waals surface area contributed by atoms with Crippen molar-refractivity contribution in [3.63, 3.8) is 0 Å². The third-order valence-corrected chi connectivity index (χ3v) is 3.25. The van der Waals surface area contributed by atoms with Gasteiger partial charge in [-0.2, -0.15) is 5.10 Å². The first-order valence-corrected chi connectivity index (χ1v) is 7.64. The van der Waals surface area contributed by atoms with Crippen molar-refractivity contribution in [1.82, 2.24) is 9.78 Å². The molecule has 0 bridgehead atoms. The van der Waals surface area contributed by atoms with Gasteiger partial charge in [-0.1, -0.05) is 30.3 Å². The molecule has 1 heterocycles. The number of anilines is 1. The fourth-order valence-corrected chi connectivity index (χ4v) is 2.06. The second kappa shape index (κ2) is 8.73. The lowest BCUT2D eigenvalue weighted by Gasteiger charge is -2.05. The smallest absolute Gasteiger partial charge is 0.413 e. The van der Waals surface area contributed by atoms with Crippen molar-refractivity contribution in [3.8, 4) is 0 Å². The molecule has 6 heteroatoms. The van der Waals surface area contributed by atoms with E-state index in [1.54, 1.807) is 23.9 Å². The number of aromatic nitrogens is 2. The van der Waals surface area contributed by atoms with E-state index < -0.39 is 6.09 Å². The summed E-state index contributed by atoms with van der Waals surface area (Å²) < 4.78 is 6.87. The van der Waals surface area contributed by atoms with E-state index >= 15 is 0 Å². The van der Waals surface area contributed by atoms with Crippen molar-refractivity contribution in [3.05, 3.63) is 48.2 Å². The molecule has 0 aliphatic rings. The predicted octanol–water partition coefficient (Wildman–Crippen LogP) is 3.39. The quantitative estimate of drug-likeness (QED) is 0.758. The lowest BCUT2D eigenvalue weighted by molar-refractivity contribution is -0.117. The number of carbonyl (C=O) groups excluding carboxylic acids is 2. The van der Waals surface area contributed by atoms with E-state index in [4.69, 9.17) is 4.74 Å². The first-order valence-electron chi connectivity index (χ1n) is 7.64. The molecular formula is C17H21N3O3.